The van der Waals surface area contributed by atoms with Crippen LogP contribution < -0.4 is 4.52 Å². The molecule has 3 aromatic rings. The number of nitro benzene ring substituents is 1. The van der Waals surface area contributed by atoms with Gasteiger partial charge in [-0.25, -0.2) is 4.57 Å². The highest BCUT2D eigenvalue weighted by molar-refractivity contribution is 7.17. The molecule has 3 aromatic carbocycles. The van der Waals surface area contributed by atoms with Crippen LogP contribution in [0.2, 0.25) is 0 Å². The van der Waals surface area contributed by atoms with Crippen molar-refractivity contribution < 1.29 is 14.0 Å². The van der Waals surface area contributed by atoms with Gasteiger partial charge >= 0.3 is 8.69 Å². The summed E-state index contributed by atoms with van der Waals surface area (Å²) >= 11 is 0. The third-order valence-corrected chi connectivity index (χ3v) is 4.12. The Balaban J connectivity index is 2.02. The van der Waals surface area contributed by atoms with Crippen LogP contribution in [-0.4, -0.2) is 4.92 Å². The zero-order chi connectivity index (χ0) is 17.6. The number of rotatable bonds is 6. The van der Waals surface area contributed by atoms with Crippen LogP contribution in [0.4, 0.5) is 5.69 Å². The van der Waals surface area contributed by atoms with Gasteiger partial charge in [0.1, 0.15) is 5.75 Å². The zero-order valence-electron chi connectivity index (χ0n) is 13.2. The summed E-state index contributed by atoms with van der Waals surface area (Å²) in [4.78, 5) is 10.4. The van der Waals surface area contributed by atoms with Gasteiger partial charge in [-0.3, -0.25) is 10.1 Å². The number of hydrogen-bond donors (Lipinski definition) is 0. The Morgan fingerprint density at radius 3 is 2.28 bits per heavy atom. The molecule has 0 heterocycles. The Kier molecular flexibility index (Phi) is 5.17. The molecule has 0 N–H and O–H groups in total. The van der Waals surface area contributed by atoms with Crippen molar-refractivity contribution in [1.82, 2.24) is 0 Å². The summed E-state index contributed by atoms with van der Waals surface area (Å²) in [5.41, 5.74) is 3.82. The summed E-state index contributed by atoms with van der Waals surface area (Å²) in [6.07, 6.45) is 0.579. The number of benzene rings is 3. The van der Waals surface area contributed by atoms with Gasteiger partial charge in [0.05, 0.1) is 4.92 Å². The lowest BCUT2D eigenvalue weighted by atomic mass is 9.94. The summed E-state index contributed by atoms with van der Waals surface area (Å²) in [6, 6.07) is 21.8. The summed E-state index contributed by atoms with van der Waals surface area (Å²) in [5.74, 6) is 0.530. The molecule has 3 rings (SSSR count). The molecule has 25 heavy (non-hydrogen) atoms. The van der Waals surface area contributed by atoms with E-state index >= 15 is 0 Å². The number of hydrogen-bond acceptors (Lipinski definition) is 4. The fourth-order valence-corrected chi connectivity index (χ4v) is 2.96. The van der Waals surface area contributed by atoms with Gasteiger partial charge in [-0.2, -0.15) is 0 Å². The first kappa shape index (κ1) is 16.8. The average Bonchev–Trinajstić information content (AvgIpc) is 2.63. The zero-order valence-corrected chi connectivity index (χ0v) is 14.1. The molecule has 0 saturated carbocycles. The molecule has 6 heteroatoms. The van der Waals surface area contributed by atoms with E-state index in [1.54, 1.807) is 18.2 Å². The fourth-order valence-electron chi connectivity index (χ4n) is 2.73. The molecule has 0 aliphatic carbocycles. The van der Waals surface area contributed by atoms with Gasteiger partial charge < -0.3 is 4.52 Å². The lowest BCUT2D eigenvalue weighted by Crippen LogP contribution is -1.95. The number of nitro groups is 1. The highest BCUT2D eigenvalue weighted by atomic mass is 31.1. The SMILES string of the molecule is O=POc1cccc(Cc2ccc([N+](=O)[O-])cc2)c1-c1ccccc1. The molecule has 0 amide bonds. The number of nitrogens with zero attached hydrogens (tertiary/aromatic N) is 1. The first-order chi connectivity index (χ1) is 12.2. The second-order valence-corrected chi connectivity index (χ2v) is 5.75. The quantitative estimate of drug-likeness (QED) is 0.337. The molecule has 0 radical (unpaired) electrons. The van der Waals surface area contributed by atoms with Crippen LogP contribution in [0.15, 0.2) is 72.8 Å². The van der Waals surface area contributed by atoms with Crippen LogP contribution >= 0.6 is 8.69 Å². The van der Waals surface area contributed by atoms with Gasteiger partial charge in [0, 0.05) is 17.7 Å². The van der Waals surface area contributed by atoms with E-state index in [9.17, 15) is 14.7 Å². The normalized spacial score (nSPS) is 10.6. The van der Waals surface area contributed by atoms with E-state index in [0.29, 0.717) is 12.2 Å². The molecule has 124 valence electrons. The largest absolute Gasteiger partial charge is 0.407 e. The second-order valence-electron chi connectivity index (χ2n) is 5.42. The van der Waals surface area contributed by atoms with Crippen molar-refractivity contribution in [2.24, 2.45) is 0 Å². The molecule has 0 aromatic heterocycles. The summed E-state index contributed by atoms with van der Waals surface area (Å²) < 4.78 is 16.2. The highest BCUT2D eigenvalue weighted by Crippen LogP contribution is 2.36. The van der Waals surface area contributed by atoms with Gasteiger partial charge in [-0.15, -0.1) is 0 Å². The van der Waals surface area contributed by atoms with Crippen LogP contribution in [0.25, 0.3) is 11.1 Å². The summed E-state index contributed by atoms with van der Waals surface area (Å²) in [7, 11) is -0.415. The van der Waals surface area contributed by atoms with Crippen molar-refractivity contribution >= 4 is 14.4 Å². The minimum atomic E-state index is -0.416. The third kappa shape index (κ3) is 3.90. The second kappa shape index (κ2) is 7.69. The molecule has 0 unspecified atom stereocenters. The van der Waals surface area contributed by atoms with Crippen LogP contribution in [-0.2, 0) is 11.0 Å². The van der Waals surface area contributed by atoms with Crippen molar-refractivity contribution in [2.75, 3.05) is 0 Å². The minimum Gasteiger partial charge on any atom is -0.407 e. The molecule has 0 atom stereocenters. The van der Waals surface area contributed by atoms with Gasteiger partial charge in [-0.1, -0.05) is 54.6 Å². The Morgan fingerprint density at radius 1 is 0.920 bits per heavy atom. The maximum Gasteiger partial charge on any atom is 0.395 e. The molecule has 0 saturated heterocycles. The predicted octanol–water partition coefficient (Wildman–Crippen LogP) is 5.44. The first-order valence-electron chi connectivity index (χ1n) is 7.59. The van der Waals surface area contributed by atoms with Gasteiger partial charge in [0.2, 0.25) is 0 Å². The lowest BCUT2D eigenvalue weighted by molar-refractivity contribution is -0.384. The fraction of sp³-hybridized carbons (Fsp3) is 0.0526. The van der Waals surface area contributed by atoms with Gasteiger partial charge in [0.15, 0.2) is 0 Å². The lowest BCUT2D eigenvalue weighted by Gasteiger charge is -2.13. The van der Waals surface area contributed by atoms with Crippen LogP contribution in [0.5, 0.6) is 5.75 Å². The smallest absolute Gasteiger partial charge is 0.395 e. The topological polar surface area (TPSA) is 69.4 Å². The van der Waals surface area contributed by atoms with Crippen LogP contribution in [0.1, 0.15) is 11.1 Å². The average molecular weight is 351 g/mol. The van der Waals surface area contributed by atoms with Crippen LogP contribution in [0.3, 0.4) is 0 Å². The Hall–Kier alpha value is -3.04. The number of non-ortho nitro benzene ring substituents is 1. The maximum absolute atomic E-state index is 10.9. The summed E-state index contributed by atoms with van der Waals surface area (Å²) in [5, 5.41) is 10.8. The van der Waals surface area contributed by atoms with Crippen molar-refractivity contribution in [3.05, 3.63) is 94.0 Å². The molecule has 0 spiro atoms. The van der Waals surface area contributed by atoms with E-state index in [-0.39, 0.29) is 5.69 Å². The van der Waals surface area contributed by atoms with E-state index in [1.807, 2.05) is 42.5 Å². The molecule has 0 bridgehead atoms. The van der Waals surface area contributed by atoms with E-state index in [4.69, 9.17) is 4.52 Å². The Labute approximate surface area is 146 Å². The first-order valence-corrected chi connectivity index (χ1v) is 8.32. The molecule has 0 fully saturated rings. The Bertz CT molecular complexity index is 895. The van der Waals surface area contributed by atoms with Gasteiger partial charge in [0.25, 0.3) is 5.69 Å². The van der Waals surface area contributed by atoms with Crippen molar-refractivity contribution in [2.45, 2.75) is 6.42 Å². The highest BCUT2D eigenvalue weighted by Gasteiger charge is 2.13. The minimum absolute atomic E-state index is 0.0641. The van der Waals surface area contributed by atoms with E-state index in [2.05, 4.69) is 0 Å². The molecule has 0 aliphatic rings. The van der Waals surface area contributed by atoms with Crippen molar-refractivity contribution in [3.63, 3.8) is 0 Å². The van der Waals surface area contributed by atoms with E-state index < -0.39 is 13.6 Å². The van der Waals surface area contributed by atoms with E-state index in [1.165, 1.54) is 12.1 Å². The van der Waals surface area contributed by atoms with Crippen LogP contribution in [0, 0.1) is 10.1 Å². The molecule has 0 aliphatic heterocycles. The molecular weight excluding hydrogens is 337 g/mol. The van der Waals surface area contributed by atoms with E-state index in [0.717, 1.165) is 22.3 Å². The maximum atomic E-state index is 10.9. The molecule has 5 nitrogen and oxygen atoms in total. The van der Waals surface area contributed by atoms with Crippen molar-refractivity contribution in [3.8, 4) is 16.9 Å². The monoisotopic (exact) mass is 351 g/mol. The third-order valence-electron chi connectivity index (χ3n) is 3.85. The molecular formula is C19H14NO4P. The summed E-state index contributed by atoms with van der Waals surface area (Å²) in [6.45, 7) is 0. The standard InChI is InChI=1S/C19H14NO4P/c21-20(22)17-11-9-14(10-12-17)13-16-7-4-8-18(24-25-23)19(16)15-5-2-1-3-6-15/h1-12H,13H2. The van der Waals surface area contributed by atoms with Crippen molar-refractivity contribution in [1.29, 1.82) is 0 Å². The van der Waals surface area contributed by atoms with Gasteiger partial charge in [-0.05, 0) is 29.2 Å². The predicted molar refractivity (Wildman–Crippen MR) is 96.0 cm³/mol. The Morgan fingerprint density at radius 2 is 1.64 bits per heavy atom.